The van der Waals surface area contributed by atoms with Crippen LogP contribution in [-0.2, 0) is 12.1 Å². The smallest absolute Gasteiger partial charge is 0.227 e. The van der Waals surface area contributed by atoms with Crippen molar-refractivity contribution in [3.63, 3.8) is 0 Å². The minimum atomic E-state index is -5.10. The van der Waals surface area contributed by atoms with Gasteiger partial charge in [0.15, 0.2) is 0 Å². The highest BCUT2D eigenvalue weighted by molar-refractivity contribution is 6.17. The second kappa shape index (κ2) is 4.48. The van der Waals surface area contributed by atoms with Gasteiger partial charge in [-0.05, 0) is 5.56 Å². The van der Waals surface area contributed by atoms with E-state index in [4.69, 9.17) is 11.6 Å². The van der Waals surface area contributed by atoms with Gasteiger partial charge in [0, 0.05) is 17.6 Å². The van der Waals surface area contributed by atoms with E-state index in [9.17, 15) is 26.3 Å². The van der Waals surface area contributed by atoms with Crippen LogP contribution in [0.4, 0.5) is 26.3 Å². The molecule has 0 aliphatic carbocycles. The lowest BCUT2D eigenvalue weighted by Gasteiger charge is -2.14. The molecule has 0 aromatic carbocycles. The lowest BCUT2D eigenvalue weighted by atomic mass is 10.1. The summed E-state index contributed by atoms with van der Waals surface area (Å²) < 4.78 is 74.6. The van der Waals surface area contributed by atoms with Crippen molar-refractivity contribution in [2.24, 2.45) is 0 Å². The molecule has 0 unspecified atom stereocenters. The van der Waals surface area contributed by atoms with Crippen LogP contribution in [0.5, 0.6) is 0 Å². The van der Waals surface area contributed by atoms with Crippen LogP contribution in [0.1, 0.15) is 23.1 Å². The van der Waals surface area contributed by atoms with Crippen LogP contribution in [-0.4, -0.2) is 4.98 Å². The van der Waals surface area contributed by atoms with Crippen LogP contribution in [0.2, 0.25) is 0 Å². The van der Waals surface area contributed by atoms with Crippen LogP contribution in [0.25, 0.3) is 0 Å². The molecule has 0 aliphatic rings. The second-order valence-electron chi connectivity index (χ2n) is 2.79. The normalized spacial score (nSPS) is 12.2. The highest BCUT2D eigenvalue weighted by Crippen LogP contribution is 2.37. The Morgan fingerprint density at radius 2 is 1.88 bits per heavy atom. The van der Waals surface area contributed by atoms with Crippen molar-refractivity contribution >= 4 is 11.6 Å². The standard InChI is InChI=1S/C8H4ClF6N/c9-1-3-4(6(10)11)2-16-7(12)5(3)8(13,14)15/h2,6H,1H2. The van der Waals surface area contributed by atoms with Crippen molar-refractivity contribution < 1.29 is 26.3 Å². The number of pyridine rings is 1. The summed E-state index contributed by atoms with van der Waals surface area (Å²) in [5.74, 6) is -2.72. The Labute approximate surface area is 91.0 Å². The summed E-state index contributed by atoms with van der Waals surface area (Å²) in [5, 5.41) is 0. The zero-order valence-corrected chi connectivity index (χ0v) is 8.21. The Hall–Kier alpha value is -0.980. The fraction of sp³-hybridized carbons (Fsp3) is 0.375. The highest BCUT2D eigenvalue weighted by Gasteiger charge is 2.39. The summed E-state index contributed by atoms with van der Waals surface area (Å²) in [6.07, 6.45) is -7.94. The van der Waals surface area contributed by atoms with Crippen molar-refractivity contribution in [1.82, 2.24) is 4.98 Å². The first-order valence-corrected chi connectivity index (χ1v) is 4.41. The Balaban J connectivity index is 3.51. The minimum absolute atomic E-state index is 0.354. The Kier molecular flexibility index (Phi) is 3.67. The number of nitrogens with zero attached hydrogens (tertiary/aromatic N) is 1. The molecular weight excluding hydrogens is 260 g/mol. The average molecular weight is 264 g/mol. The Morgan fingerprint density at radius 3 is 2.25 bits per heavy atom. The van der Waals surface area contributed by atoms with E-state index in [-0.39, 0.29) is 0 Å². The van der Waals surface area contributed by atoms with E-state index >= 15 is 0 Å². The van der Waals surface area contributed by atoms with Gasteiger partial charge in [-0.3, -0.25) is 0 Å². The van der Waals surface area contributed by atoms with Crippen molar-refractivity contribution in [3.8, 4) is 0 Å². The Morgan fingerprint density at radius 1 is 1.31 bits per heavy atom. The molecule has 0 saturated carbocycles. The molecule has 0 spiro atoms. The molecule has 1 aromatic heterocycles. The molecule has 8 heteroatoms. The summed E-state index contributed by atoms with van der Waals surface area (Å²) >= 11 is 5.13. The van der Waals surface area contributed by atoms with E-state index < -0.39 is 41.1 Å². The van der Waals surface area contributed by atoms with Crippen LogP contribution >= 0.6 is 11.6 Å². The van der Waals surface area contributed by atoms with E-state index in [1.807, 2.05) is 0 Å². The number of aromatic nitrogens is 1. The summed E-state index contributed by atoms with van der Waals surface area (Å²) in [6, 6.07) is 0. The van der Waals surface area contributed by atoms with Crippen molar-refractivity contribution in [1.29, 1.82) is 0 Å². The van der Waals surface area contributed by atoms with Crippen molar-refractivity contribution in [3.05, 3.63) is 28.8 Å². The van der Waals surface area contributed by atoms with Crippen LogP contribution in [0, 0.1) is 5.95 Å². The molecule has 1 heterocycles. The monoisotopic (exact) mass is 263 g/mol. The molecule has 0 atom stereocenters. The van der Waals surface area contributed by atoms with E-state index in [2.05, 4.69) is 4.98 Å². The van der Waals surface area contributed by atoms with E-state index in [1.165, 1.54) is 0 Å². The van der Waals surface area contributed by atoms with Gasteiger partial charge >= 0.3 is 6.18 Å². The van der Waals surface area contributed by atoms with E-state index in [1.54, 1.807) is 0 Å². The van der Waals surface area contributed by atoms with Crippen molar-refractivity contribution in [2.45, 2.75) is 18.5 Å². The third-order valence-corrected chi connectivity index (χ3v) is 2.09. The lowest BCUT2D eigenvalue weighted by molar-refractivity contribution is -0.141. The topological polar surface area (TPSA) is 12.9 Å². The third-order valence-electron chi connectivity index (χ3n) is 1.83. The average Bonchev–Trinajstić information content (AvgIpc) is 2.14. The Bertz CT molecular complexity index is 389. The third kappa shape index (κ3) is 2.40. The predicted molar refractivity (Wildman–Crippen MR) is 43.7 cm³/mol. The molecule has 0 saturated heterocycles. The molecule has 0 amide bonds. The first-order chi connectivity index (χ1) is 7.29. The first kappa shape index (κ1) is 13.1. The molecule has 1 nitrogen and oxygen atoms in total. The predicted octanol–water partition coefficient (Wildman–Crippen LogP) is 3.92. The molecular formula is C8H4ClF6N. The zero-order valence-electron chi connectivity index (χ0n) is 7.45. The molecule has 0 bridgehead atoms. The van der Waals surface area contributed by atoms with Gasteiger partial charge in [-0.15, -0.1) is 11.6 Å². The quantitative estimate of drug-likeness (QED) is 0.448. The van der Waals surface area contributed by atoms with Gasteiger partial charge in [0.1, 0.15) is 5.56 Å². The van der Waals surface area contributed by atoms with E-state index in [0.717, 1.165) is 0 Å². The molecule has 0 N–H and O–H groups in total. The van der Waals surface area contributed by atoms with Gasteiger partial charge in [0.05, 0.1) is 0 Å². The molecule has 16 heavy (non-hydrogen) atoms. The van der Waals surface area contributed by atoms with Gasteiger partial charge in [-0.2, -0.15) is 17.6 Å². The fourth-order valence-corrected chi connectivity index (χ4v) is 1.45. The van der Waals surface area contributed by atoms with Gasteiger partial charge in [0.2, 0.25) is 5.95 Å². The number of hydrogen-bond acceptors (Lipinski definition) is 1. The van der Waals surface area contributed by atoms with Crippen LogP contribution in [0.3, 0.4) is 0 Å². The number of rotatable bonds is 2. The molecule has 90 valence electrons. The summed E-state index contributed by atoms with van der Waals surface area (Å²) in [6.45, 7) is 0. The number of hydrogen-bond donors (Lipinski definition) is 0. The number of alkyl halides is 6. The molecule has 0 fully saturated rings. The van der Waals surface area contributed by atoms with Crippen LogP contribution < -0.4 is 0 Å². The largest absolute Gasteiger partial charge is 0.421 e. The minimum Gasteiger partial charge on any atom is -0.227 e. The first-order valence-electron chi connectivity index (χ1n) is 3.87. The lowest BCUT2D eigenvalue weighted by Crippen LogP contribution is -2.15. The number of halogens is 7. The molecule has 1 aromatic rings. The van der Waals surface area contributed by atoms with Crippen molar-refractivity contribution in [2.75, 3.05) is 0 Å². The van der Waals surface area contributed by atoms with Gasteiger partial charge < -0.3 is 0 Å². The van der Waals surface area contributed by atoms with Crippen LogP contribution in [0.15, 0.2) is 6.20 Å². The molecule has 1 rings (SSSR count). The van der Waals surface area contributed by atoms with Gasteiger partial charge in [-0.25, -0.2) is 13.8 Å². The zero-order chi connectivity index (χ0) is 12.5. The SMILES string of the molecule is Fc1ncc(C(F)F)c(CCl)c1C(F)(F)F. The maximum atomic E-state index is 12.8. The summed E-state index contributed by atoms with van der Waals surface area (Å²) in [5.41, 5.74) is -3.82. The van der Waals surface area contributed by atoms with Gasteiger partial charge in [-0.1, -0.05) is 0 Å². The maximum Gasteiger partial charge on any atom is 0.421 e. The summed E-state index contributed by atoms with van der Waals surface area (Å²) in [7, 11) is 0. The molecule has 0 radical (unpaired) electrons. The van der Waals surface area contributed by atoms with Gasteiger partial charge in [0.25, 0.3) is 6.43 Å². The highest BCUT2D eigenvalue weighted by atomic mass is 35.5. The summed E-state index contributed by atoms with van der Waals surface area (Å²) in [4.78, 5) is 2.65. The molecule has 0 aliphatic heterocycles. The fourth-order valence-electron chi connectivity index (χ4n) is 1.16. The second-order valence-corrected chi connectivity index (χ2v) is 3.06. The van der Waals surface area contributed by atoms with E-state index in [0.29, 0.717) is 6.20 Å². The maximum absolute atomic E-state index is 12.8.